The summed E-state index contributed by atoms with van der Waals surface area (Å²) >= 11 is 1.31. The third-order valence-corrected chi connectivity index (χ3v) is 9.65. The molecule has 1 N–H and O–H groups in total. The van der Waals surface area contributed by atoms with Gasteiger partial charge in [-0.2, -0.15) is 11.8 Å². The van der Waals surface area contributed by atoms with Crippen LogP contribution in [0.3, 0.4) is 0 Å². The highest BCUT2D eigenvalue weighted by molar-refractivity contribution is 8.00. The van der Waals surface area contributed by atoms with Gasteiger partial charge in [-0.05, 0) is 71.5 Å². The molecule has 4 aromatic carbocycles. The Morgan fingerprint density at radius 1 is 0.884 bits per heavy atom. The van der Waals surface area contributed by atoms with Crippen molar-refractivity contribution in [3.63, 3.8) is 0 Å². The second-order valence-electron chi connectivity index (χ2n) is 10.3. The van der Waals surface area contributed by atoms with Gasteiger partial charge in [-0.15, -0.1) is 0 Å². The molecule has 1 atom stereocenters. The number of hydrogen-bond acceptors (Lipinski definition) is 7. The van der Waals surface area contributed by atoms with Crippen LogP contribution >= 0.6 is 11.8 Å². The number of amides is 1. The second kappa shape index (κ2) is 12.1. The Balaban J connectivity index is 1.17. The van der Waals surface area contributed by atoms with Crippen molar-refractivity contribution in [3.05, 3.63) is 120 Å². The van der Waals surface area contributed by atoms with Gasteiger partial charge in [0.25, 0.3) is 10.0 Å². The lowest BCUT2D eigenvalue weighted by Gasteiger charge is -2.15. The van der Waals surface area contributed by atoms with Crippen LogP contribution in [0.15, 0.2) is 111 Å². The predicted octanol–water partition coefficient (Wildman–Crippen LogP) is 7.17. The number of aromatic nitrogens is 1. The Kier molecular flexibility index (Phi) is 8.10. The summed E-state index contributed by atoms with van der Waals surface area (Å²) in [6, 6.07) is 29.9. The lowest BCUT2D eigenvalue weighted by Crippen LogP contribution is -2.38. The van der Waals surface area contributed by atoms with Crippen molar-refractivity contribution in [2.75, 3.05) is 6.26 Å². The summed E-state index contributed by atoms with van der Waals surface area (Å²) in [6.45, 7) is 2.04. The van der Waals surface area contributed by atoms with Gasteiger partial charge in [-0.1, -0.05) is 61.5 Å². The highest BCUT2D eigenvalue weighted by Gasteiger charge is 2.25. The van der Waals surface area contributed by atoms with E-state index >= 15 is 0 Å². The van der Waals surface area contributed by atoms with Crippen LogP contribution in [-0.4, -0.2) is 30.8 Å². The summed E-state index contributed by atoms with van der Waals surface area (Å²) in [5.74, 6) is 1.62. The van der Waals surface area contributed by atoms with E-state index in [1.54, 1.807) is 18.4 Å². The third kappa shape index (κ3) is 6.23. The van der Waals surface area contributed by atoms with Crippen LogP contribution in [0.5, 0.6) is 0 Å². The zero-order valence-corrected chi connectivity index (χ0v) is 25.4. The first kappa shape index (κ1) is 28.8. The summed E-state index contributed by atoms with van der Waals surface area (Å²) in [5.41, 5.74) is 3.40. The van der Waals surface area contributed by atoms with E-state index in [2.05, 4.69) is 4.72 Å². The van der Waals surface area contributed by atoms with E-state index in [4.69, 9.17) is 13.8 Å². The molecular weight excluding hydrogens is 581 g/mol. The molecule has 9 heteroatoms. The van der Waals surface area contributed by atoms with Gasteiger partial charge in [-0.25, -0.2) is 18.1 Å². The zero-order valence-electron chi connectivity index (χ0n) is 23.7. The van der Waals surface area contributed by atoms with E-state index < -0.39 is 21.2 Å². The maximum absolute atomic E-state index is 13.1. The molecule has 43 heavy (non-hydrogen) atoms. The lowest BCUT2D eigenvalue weighted by atomic mass is 10.1. The molecule has 0 bridgehead atoms. The molecule has 2 heterocycles. The molecule has 0 fully saturated rings. The molecule has 218 valence electrons. The van der Waals surface area contributed by atoms with Crippen LogP contribution in [0.1, 0.15) is 29.7 Å². The van der Waals surface area contributed by atoms with Gasteiger partial charge in [0.2, 0.25) is 11.8 Å². The number of thioether (sulfide) groups is 1. The molecule has 0 aliphatic heterocycles. The number of hydrogen-bond donors (Lipinski definition) is 1. The van der Waals surface area contributed by atoms with Crippen molar-refractivity contribution >= 4 is 49.4 Å². The van der Waals surface area contributed by atoms with E-state index in [9.17, 15) is 13.2 Å². The van der Waals surface area contributed by atoms with Gasteiger partial charge in [0.05, 0.1) is 22.3 Å². The first-order valence-corrected chi connectivity index (χ1v) is 16.7. The van der Waals surface area contributed by atoms with E-state index in [1.165, 1.54) is 17.8 Å². The molecule has 0 saturated heterocycles. The number of aryl methyl sites for hydroxylation is 1. The van der Waals surface area contributed by atoms with Gasteiger partial charge in [0.1, 0.15) is 17.1 Å². The molecule has 1 amide bonds. The van der Waals surface area contributed by atoms with Gasteiger partial charge in [-0.3, -0.25) is 4.79 Å². The Hall–Kier alpha value is -4.34. The fraction of sp³-hybridized carbons (Fsp3) is 0.176. The SMILES string of the molecule is CCc1oc(-c2ccccc2)nc1Cc1cc2cc(CC(SC)C(=O)NS(=O)(=O)c3ccc4ccccc4c3)ccc2o1. The highest BCUT2D eigenvalue weighted by Crippen LogP contribution is 2.28. The number of fused-ring (bicyclic) bond motifs is 2. The highest BCUT2D eigenvalue weighted by atomic mass is 32.2. The normalized spacial score (nSPS) is 12.5. The Morgan fingerprint density at radius 3 is 2.42 bits per heavy atom. The molecule has 0 aliphatic rings. The summed E-state index contributed by atoms with van der Waals surface area (Å²) in [7, 11) is -4.02. The van der Waals surface area contributed by atoms with Crippen LogP contribution in [0, 0.1) is 0 Å². The summed E-state index contributed by atoms with van der Waals surface area (Å²) in [5, 5.41) is 2.02. The number of carbonyl (C=O) groups excluding carboxylic acids is 1. The largest absolute Gasteiger partial charge is 0.461 e. The van der Waals surface area contributed by atoms with Crippen molar-refractivity contribution < 1.29 is 22.0 Å². The maximum Gasteiger partial charge on any atom is 0.264 e. The van der Waals surface area contributed by atoms with Crippen molar-refractivity contribution in [1.29, 1.82) is 0 Å². The van der Waals surface area contributed by atoms with Gasteiger partial charge >= 0.3 is 0 Å². The van der Waals surface area contributed by atoms with Crippen LogP contribution in [0.25, 0.3) is 33.2 Å². The molecular formula is C34H30N2O5S2. The smallest absolute Gasteiger partial charge is 0.264 e. The van der Waals surface area contributed by atoms with Crippen LogP contribution in [0.4, 0.5) is 0 Å². The van der Waals surface area contributed by atoms with Crippen LogP contribution in [0.2, 0.25) is 0 Å². The molecule has 1 unspecified atom stereocenters. The molecule has 6 aromatic rings. The van der Waals surface area contributed by atoms with Gasteiger partial charge in [0.15, 0.2) is 0 Å². The molecule has 7 nitrogen and oxygen atoms in total. The topological polar surface area (TPSA) is 102 Å². The molecule has 0 aliphatic carbocycles. The van der Waals surface area contributed by atoms with E-state index in [-0.39, 0.29) is 4.90 Å². The maximum atomic E-state index is 13.1. The average Bonchev–Trinajstić information content (AvgIpc) is 3.62. The number of benzene rings is 4. The summed E-state index contributed by atoms with van der Waals surface area (Å²) < 4.78 is 40.5. The van der Waals surface area contributed by atoms with E-state index in [0.29, 0.717) is 25.2 Å². The first-order chi connectivity index (χ1) is 20.8. The van der Waals surface area contributed by atoms with Crippen molar-refractivity contribution in [1.82, 2.24) is 9.71 Å². The minimum atomic E-state index is -4.02. The first-order valence-electron chi connectivity index (χ1n) is 14.0. The lowest BCUT2D eigenvalue weighted by molar-refractivity contribution is -0.118. The minimum absolute atomic E-state index is 0.0565. The molecule has 0 saturated carbocycles. The second-order valence-corrected chi connectivity index (χ2v) is 13.0. The standard InChI is InChI=1S/C34H30N2O5S2/c1-3-30-29(35-34(41-30)24-10-5-4-6-11-24)21-27-19-26-17-22(13-16-31(26)40-27)18-32(42-2)33(37)36-43(38,39)28-15-14-23-9-7-8-12-25(23)20-28/h4-17,19-20,32H,3,18,21H2,1-2H3,(H,36,37). The van der Waals surface area contributed by atoms with Crippen molar-refractivity contribution in [3.8, 4) is 11.5 Å². The number of sulfonamides is 1. The monoisotopic (exact) mass is 610 g/mol. The Bertz CT molecular complexity index is 2030. The van der Waals surface area contributed by atoms with Gasteiger partial charge < -0.3 is 8.83 Å². The average molecular weight is 611 g/mol. The van der Waals surface area contributed by atoms with Crippen LogP contribution < -0.4 is 4.72 Å². The zero-order chi connectivity index (χ0) is 30.0. The molecule has 6 rings (SSSR count). The number of oxazole rings is 1. The van der Waals surface area contributed by atoms with E-state index in [0.717, 1.165) is 50.1 Å². The van der Waals surface area contributed by atoms with Gasteiger partial charge in [0, 0.05) is 17.4 Å². The predicted molar refractivity (Wildman–Crippen MR) is 171 cm³/mol. The number of rotatable bonds is 10. The fourth-order valence-corrected chi connectivity index (χ4v) is 6.88. The number of nitrogens with one attached hydrogen (secondary N) is 1. The minimum Gasteiger partial charge on any atom is -0.461 e. The Labute approximate surface area is 254 Å². The quantitative estimate of drug-likeness (QED) is 0.175. The number of nitrogens with zero attached hydrogens (tertiary/aromatic N) is 1. The third-order valence-electron chi connectivity index (χ3n) is 7.36. The van der Waals surface area contributed by atoms with Crippen molar-refractivity contribution in [2.45, 2.75) is 36.3 Å². The van der Waals surface area contributed by atoms with Crippen molar-refractivity contribution in [2.24, 2.45) is 0 Å². The molecule has 2 aromatic heterocycles. The molecule has 0 spiro atoms. The Morgan fingerprint density at radius 2 is 1.65 bits per heavy atom. The number of carbonyl (C=O) groups is 1. The fourth-order valence-electron chi connectivity index (χ4n) is 5.12. The summed E-state index contributed by atoms with van der Waals surface area (Å²) in [4.78, 5) is 17.9. The number of furan rings is 1. The molecule has 0 radical (unpaired) electrons. The van der Waals surface area contributed by atoms with Crippen LogP contribution in [-0.2, 0) is 34.1 Å². The van der Waals surface area contributed by atoms with E-state index in [1.807, 2.05) is 85.8 Å². The summed E-state index contributed by atoms with van der Waals surface area (Å²) in [6.07, 6.45) is 3.37.